The zero-order valence-electron chi connectivity index (χ0n) is 29.1. The summed E-state index contributed by atoms with van der Waals surface area (Å²) in [5.74, 6) is 0.720. The average Bonchev–Trinajstić information content (AvgIpc) is 2.90. The van der Waals surface area contributed by atoms with Crippen LogP contribution in [0.15, 0.2) is 12.1 Å². The van der Waals surface area contributed by atoms with Gasteiger partial charge < -0.3 is 14.9 Å². The largest absolute Gasteiger partial charge is 0.507 e. The van der Waals surface area contributed by atoms with Crippen LogP contribution in [-0.4, -0.2) is 63.5 Å². The highest BCUT2D eigenvalue weighted by molar-refractivity contribution is 5.89. The maximum absolute atomic E-state index is 15.3. The van der Waals surface area contributed by atoms with Gasteiger partial charge in [0.05, 0.1) is 11.0 Å². The average molecular weight is 596 g/mol. The molecule has 1 aromatic carbocycles. The fourth-order valence-electron chi connectivity index (χ4n) is 8.25. The predicted molar refractivity (Wildman–Crippen MR) is 177 cm³/mol. The highest BCUT2D eigenvalue weighted by Crippen LogP contribution is 2.47. The molecule has 1 saturated heterocycles. The van der Waals surface area contributed by atoms with Crippen molar-refractivity contribution >= 4 is 11.8 Å². The molecule has 1 aliphatic heterocycles. The third-order valence-corrected chi connectivity index (χ3v) is 10.3. The Morgan fingerprint density at radius 2 is 1.42 bits per heavy atom. The number of hydrogen-bond donors (Lipinski definition) is 2. The van der Waals surface area contributed by atoms with Gasteiger partial charge in [-0.15, -0.1) is 0 Å². The van der Waals surface area contributed by atoms with Crippen LogP contribution in [0.3, 0.4) is 0 Å². The van der Waals surface area contributed by atoms with Crippen molar-refractivity contribution in [3.05, 3.63) is 28.8 Å². The van der Waals surface area contributed by atoms with Gasteiger partial charge in [-0.1, -0.05) is 92.2 Å². The topological polar surface area (TPSA) is 72.9 Å². The second-order valence-corrected chi connectivity index (χ2v) is 17.2. The van der Waals surface area contributed by atoms with E-state index in [0.29, 0.717) is 25.4 Å². The molecule has 0 unspecified atom stereocenters. The Labute approximate surface area is 262 Å². The van der Waals surface area contributed by atoms with Gasteiger partial charge in [0.25, 0.3) is 0 Å². The molecular weight excluding hydrogens is 534 g/mol. The summed E-state index contributed by atoms with van der Waals surface area (Å²) in [4.78, 5) is 33.0. The van der Waals surface area contributed by atoms with E-state index in [2.05, 4.69) is 77.7 Å². The molecule has 2 amide bonds. The first kappa shape index (κ1) is 33.8. The number of rotatable bonds is 6. The van der Waals surface area contributed by atoms with Gasteiger partial charge in [0.1, 0.15) is 5.75 Å². The monoisotopic (exact) mass is 595 g/mol. The number of hydrogen-bond acceptors (Lipinski definition) is 4. The van der Waals surface area contributed by atoms with Crippen LogP contribution in [0.4, 0.5) is 0 Å². The van der Waals surface area contributed by atoms with E-state index >= 15 is 4.79 Å². The van der Waals surface area contributed by atoms with Crippen molar-refractivity contribution in [3.8, 4) is 5.75 Å². The van der Waals surface area contributed by atoms with Crippen molar-refractivity contribution in [3.63, 3.8) is 0 Å². The number of nitrogens with one attached hydrogen (secondary N) is 1. The molecule has 0 bridgehead atoms. The quantitative estimate of drug-likeness (QED) is 0.361. The Kier molecular flexibility index (Phi) is 9.45. The van der Waals surface area contributed by atoms with Gasteiger partial charge in [0.2, 0.25) is 11.8 Å². The number of benzene rings is 1. The second-order valence-electron chi connectivity index (χ2n) is 17.2. The van der Waals surface area contributed by atoms with Gasteiger partial charge >= 0.3 is 0 Å². The lowest BCUT2D eigenvalue weighted by molar-refractivity contribution is -0.147. The minimum Gasteiger partial charge on any atom is -0.507 e. The van der Waals surface area contributed by atoms with Gasteiger partial charge in [-0.3, -0.25) is 14.9 Å². The molecule has 0 atom stereocenters. The van der Waals surface area contributed by atoms with Crippen LogP contribution in [0.5, 0.6) is 5.75 Å². The molecule has 2 N–H and O–H groups in total. The van der Waals surface area contributed by atoms with Crippen molar-refractivity contribution in [1.82, 2.24) is 15.1 Å². The molecular formula is C37H61N3O3. The van der Waals surface area contributed by atoms with Crippen LogP contribution in [0.25, 0.3) is 0 Å². The molecule has 3 fully saturated rings. The Hall–Kier alpha value is -2.08. The van der Waals surface area contributed by atoms with E-state index in [1.807, 2.05) is 18.7 Å². The number of carbonyl (C=O) groups excluding carboxylic acids is 2. The Bertz CT molecular complexity index is 1140. The molecule has 2 aliphatic carbocycles. The zero-order valence-corrected chi connectivity index (χ0v) is 29.1. The Balaban J connectivity index is 1.78. The molecule has 6 heteroatoms. The first-order valence-corrected chi connectivity index (χ1v) is 17.1. The number of carbonyl (C=O) groups is 2. The number of nitrogens with zero attached hydrogens (tertiary/aromatic N) is 2. The third kappa shape index (κ3) is 7.10. The maximum atomic E-state index is 15.3. The number of phenolic OH excluding ortho intramolecular Hbond substituents is 1. The van der Waals surface area contributed by atoms with E-state index in [-0.39, 0.29) is 34.2 Å². The van der Waals surface area contributed by atoms with E-state index in [0.717, 1.165) is 74.5 Å². The molecule has 6 nitrogen and oxygen atoms in total. The lowest BCUT2D eigenvalue weighted by Crippen LogP contribution is -2.70. The van der Waals surface area contributed by atoms with Crippen molar-refractivity contribution in [1.29, 1.82) is 0 Å². The fraction of sp³-hybridized carbons (Fsp3) is 0.784. The van der Waals surface area contributed by atoms with Crippen LogP contribution in [0.1, 0.15) is 150 Å². The van der Waals surface area contributed by atoms with E-state index in [1.165, 1.54) is 6.42 Å². The Morgan fingerprint density at radius 3 is 1.93 bits per heavy atom. The minimum absolute atomic E-state index is 0.110. The molecule has 43 heavy (non-hydrogen) atoms. The van der Waals surface area contributed by atoms with Crippen LogP contribution < -0.4 is 5.32 Å². The molecule has 1 heterocycles. The molecule has 4 rings (SSSR count). The molecule has 0 aromatic heterocycles. The van der Waals surface area contributed by atoms with Crippen LogP contribution in [0, 0.1) is 0 Å². The van der Waals surface area contributed by atoms with Crippen molar-refractivity contribution in [2.24, 2.45) is 0 Å². The summed E-state index contributed by atoms with van der Waals surface area (Å²) in [5, 5.41) is 15.0. The highest BCUT2D eigenvalue weighted by atomic mass is 16.3. The summed E-state index contributed by atoms with van der Waals surface area (Å²) in [5.41, 5.74) is 0.960. The Morgan fingerprint density at radius 1 is 0.907 bits per heavy atom. The smallest absolute Gasteiger partial charge is 0.242 e. The molecule has 1 aromatic rings. The maximum Gasteiger partial charge on any atom is 0.242 e. The molecule has 2 saturated carbocycles. The van der Waals surface area contributed by atoms with Gasteiger partial charge in [0, 0.05) is 31.2 Å². The van der Waals surface area contributed by atoms with Gasteiger partial charge in [-0.05, 0) is 80.9 Å². The number of amides is 2. The van der Waals surface area contributed by atoms with Gasteiger partial charge in [-0.2, -0.15) is 0 Å². The van der Waals surface area contributed by atoms with Crippen LogP contribution >= 0.6 is 0 Å². The normalized spacial score (nSPS) is 22.8. The summed E-state index contributed by atoms with van der Waals surface area (Å²) < 4.78 is 0. The highest BCUT2D eigenvalue weighted by Gasteiger charge is 2.48. The lowest BCUT2D eigenvalue weighted by atomic mass is 9.65. The van der Waals surface area contributed by atoms with Crippen molar-refractivity contribution in [2.75, 3.05) is 19.6 Å². The lowest BCUT2D eigenvalue weighted by Gasteiger charge is -2.49. The molecule has 242 valence electrons. The van der Waals surface area contributed by atoms with Gasteiger partial charge in [-0.25, -0.2) is 0 Å². The first-order valence-electron chi connectivity index (χ1n) is 17.1. The van der Waals surface area contributed by atoms with Gasteiger partial charge in [0.15, 0.2) is 0 Å². The SMILES string of the molecule is CC1(C)CN(CCN(C(=O)C2(c3cc(C(C)(C)C)c(O)c(C(C)(C)C)c3)CCCCC2)C2CCCCC2)C(=O)C(C)(C)N1. The van der Waals surface area contributed by atoms with Crippen molar-refractivity contribution < 1.29 is 14.7 Å². The minimum atomic E-state index is -0.634. The fourth-order valence-corrected chi connectivity index (χ4v) is 8.25. The summed E-state index contributed by atoms with van der Waals surface area (Å²) in [6, 6.07) is 4.54. The van der Waals surface area contributed by atoms with E-state index < -0.39 is 11.0 Å². The van der Waals surface area contributed by atoms with Crippen molar-refractivity contribution in [2.45, 2.75) is 167 Å². The summed E-state index contributed by atoms with van der Waals surface area (Å²) in [6.45, 7) is 22.9. The number of aromatic hydroxyl groups is 1. The first-order chi connectivity index (χ1) is 19.8. The second kappa shape index (κ2) is 12.0. The summed E-state index contributed by atoms with van der Waals surface area (Å²) >= 11 is 0. The predicted octanol–water partition coefficient (Wildman–Crippen LogP) is 7.34. The summed E-state index contributed by atoms with van der Waals surface area (Å²) in [7, 11) is 0. The van der Waals surface area contributed by atoms with Crippen LogP contribution in [0.2, 0.25) is 0 Å². The summed E-state index contributed by atoms with van der Waals surface area (Å²) in [6.07, 6.45) is 10.5. The van der Waals surface area contributed by atoms with Crippen LogP contribution in [-0.2, 0) is 25.8 Å². The third-order valence-electron chi connectivity index (χ3n) is 10.3. The zero-order chi connectivity index (χ0) is 32.0. The standard InChI is InChI=1S/C37H61N3O3/c1-33(2,3)28-23-26(24-29(30(28)41)34(4,5)6)37(19-15-12-16-20-37)32(43)40(27-17-13-11-14-18-27)22-21-39-25-35(7,8)38-36(9,10)31(39)42/h23-24,27,38,41H,11-22,25H2,1-10H3. The van der Waals surface area contributed by atoms with E-state index in [1.54, 1.807) is 0 Å². The van der Waals surface area contributed by atoms with E-state index in [4.69, 9.17) is 0 Å². The number of phenols is 1. The molecule has 0 spiro atoms. The molecule has 0 radical (unpaired) electrons. The number of piperazine rings is 1. The molecule has 3 aliphatic rings. The van der Waals surface area contributed by atoms with E-state index in [9.17, 15) is 9.90 Å².